The van der Waals surface area contributed by atoms with Gasteiger partial charge in [-0.05, 0) is 31.5 Å². The highest BCUT2D eigenvalue weighted by Crippen LogP contribution is 2.53. The second kappa shape index (κ2) is 4.63. The van der Waals surface area contributed by atoms with Gasteiger partial charge in [0, 0.05) is 42.2 Å². The van der Waals surface area contributed by atoms with Gasteiger partial charge in [0.1, 0.15) is 11.5 Å². The predicted molar refractivity (Wildman–Crippen MR) is 85.1 cm³/mol. The molecule has 5 rings (SSSR count). The van der Waals surface area contributed by atoms with Crippen molar-refractivity contribution in [2.45, 2.75) is 25.2 Å². The van der Waals surface area contributed by atoms with E-state index in [4.69, 9.17) is 0 Å². The molecule has 0 amide bonds. The molecule has 4 aromatic heterocycles. The zero-order valence-corrected chi connectivity index (χ0v) is 12.9. The molecule has 24 heavy (non-hydrogen) atoms. The van der Waals surface area contributed by atoms with Gasteiger partial charge in [-0.25, -0.2) is 18.7 Å². The SMILES string of the molecule is Cc1c(F)ccn2cc(C3CC3c3cn4cccc(F)c4n3)nc12. The van der Waals surface area contributed by atoms with Crippen molar-refractivity contribution in [3.63, 3.8) is 0 Å². The Morgan fingerprint density at radius 1 is 0.917 bits per heavy atom. The van der Waals surface area contributed by atoms with Crippen LogP contribution in [0.25, 0.3) is 11.3 Å². The summed E-state index contributed by atoms with van der Waals surface area (Å²) in [5, 5.41) is 0. The minimum atomic E-state index is -0.320. The zero-order chi connectivity index (χ0) is 16.4. The third kappa shape index (κ3) is 1.89. The number of rotatable bonds is 2. The van der Waals surface area contributed by atoms with Crippen LogP contribution in [0.1, 0.15) is 35.2 Å². The molecule has 1 fully saturated rings. The van der Waals surface area contributed by atoms with Crippen molar-refractivity contribution in [3.8, 4) is 0 Å². The summed E-state index contributed by atoms with van der Waals surface area (Å²) in [7, 11) is 0. The summed E-state index contributed by atoms with van der Waals surface area (Å²) >= 11 is 0. The largest absolute Gasteiger partial charge is 0.306 e. The number of aryl methyl sites for hydroxylation is 1. The van der Waals surface area contributed by atoms with E-state index in [-0.39, 0.29) is 23.5 Å². The van der Waals surface area contributed by atoms with Gasteiger partial charge in [0.15, 0.2) is 11.5 Å². The van der Waals surface area contributed by atoms with Gasteiger partial charge in [0.2, 0.25) is 0 Å². The van der Waals surface area contributed by atoms with Gasteiger partial charge < -0.3 is 8.80 Å². The van der Waals surface area contributed by atoms with Gasteiger partial charge in [-0.3, -0.25) is 0 Å². The molecule has 0 N–H and O–H groups in total. The molecule has 0 saturated heterocycles. The van der Waals surface area contributed by atoms with Gasteiger partial charge in [0.25, 0.3) is 0 Å². The van der Waals surface area contributed by atoms with Crippen molar-refractivity contribution < 1.29 is 8.78 Å². The lowest BCUT2D eigenvalue weighted by Gasteiger charge is -1.97. The third-order valence-electron chi connectivity index (χ3n) is 4.83. The minimum Gasteiger partial charge on any atom is -0.306 e. The number of fused-ring (bicyclic) bond motifs is 2. The fourth-order valence-electron chi connectivity index (χ4n) is 3.38. The molecule has 4 aromatic rings. The second-order valence-corrected chi connectivity index (χ2v) is 6.39. The van der Waals surface area contributed by atoms with Gasteiger partial charge in [0.05, 0.1) is 11.4 Å². The van der Waals surface area contributed by atoms with Crippen LogP contribution in [0.2, 0.25) is 0 Å². The molecular weight excluding hydrogens is 310 g/mol. The number of hydrogen-bond donors (Lipinski definition) is 0. The molecule has 0 radical (unpaired) electrons. The number of pyridine rings is 2. The number of hydrogen-bond acceptors (Lipinski definition) is 2. The molecule has 0 aromatic carbocycles. The van der Waals surface area contributed by atoms with Crippen LogP contribution < -0.4 is 0 Å². The Labute approximate surface area is 136 Å². The van der Waals surface area contributed by atoms with E-state index in [0.717, 1.165) is 17.8 Å². The normalized spacial score (nSPS) is 20.1. The highest BCUT2D eigenvalue weighted by atomic mass is 19.1. The van der Waals surface area contributed by atoms with Crippen molar-refractivity contribution in [3.05, 3.63) is 71.6 Å². The first-order chi connectivity index (χ1) is 11.6. The molecule has 1 aliphatic carbocycles. The average molecular weight is 324 g/mol. The van der Waals surface area contributed by atoms with E-state index in [1.54, 1.807) is 29.8 Å². The molecular formula is C18H14F2N4. The molecule has 6 heteroatoms. The molecule has 4 nitrogen and oxygen atoms in total. The Morgan fingerprint density at radius 3 is 2.29 bits per heavy atom. The van der Waals surface area contributed by atoms with E-state index in [9.17, 15) is 8.78 Å². The Bertz CT molecular complexity index is 1100. The lowest BCUT2D eigenvalue weighted by Crippen LogP contribution is -1.90. The van der Waals surface area contributed by atoms with Crippen LogP contribution in [-0.2, 0) is 0 Å². The monoisotopic (exact) mass is 324 g/mol. The highest BCUT2D eigenvalue weighted by Gasteiger charge is 2.43. The Balaban J connectivity index is 1.51. The maximum atomic E-state index is 13.8. The van der Waals surface area contributed by atoms with Crippen molar-refractivity contribution in [1.82, 2.24) is 18.8 Å². The van der Waals surface area contributed by atoms with Crippen LogP contribution in [0.5, 0.6) is 0 Å². The zero-order valence-electron chi connectivity index (χ0n) is 12.9. The molecule has 2 unspecified atom stereocenters. The van der Waals surface area contributed by atoms with Gasteiger partial charge in [-0.15, -0.1) is 0 Å². The van der Waals surface area contributed by atoms with Gasteiger partial charge in [-0.1, -0.05) is 0 Å². The summed E-state index contributed by atoms with van der Waals surface area (Å²) in [6.07, 6.45) is 8.23. The minimum absolute atomic E-state index is 0.236. The van der Waals surface area contributed by atoms with Gasteiger partial charge >= 0.3 is 0 Å². The summed E-state index contributed by atoms with van der Waals surface area (Å²) in [4.78, 5) is 9.03. The Hall–Kier alpha value is -2.76. The second-order valence-electron chi connectivity index (χ2n) is 6.39. The van der Waals surface area contributed by atoms with E-state index in [0.29, 0.717) is 16.9 Å². The average Bonchev–Trinajstić information content (AvgIpc) is 3.05. The molecule has 0 aliphatic heterocycles. The lowest BCUT2D eigenvalue weighted by molar-refractivity contribution is 0.617. The summed E-state index contributed by atoms with van der Waals surface area (Å²) in [5.41, 5.74) is 3.37. The lowest BCUT2D eigenvalue weighted by atomic mass is 10.2. The van der Waals surface area contributed by atoms with Crippen molar-refractivity contribution in [1.29, 1.82) is 0 Å². The van der Waals surface area contributed by atoms with Crippen molar-refractivity contribution in [2.75, 3.05) is 0 Å². The van der Waals surface area contributed by atoms with Crippen molar-refractivity contribution in [2.24, 2.45) is 0 Å². The number of aromatic nitrogens is 4. The van der Waals surface area contributed by atoms with Crippen LogP contribution in [0.15, 0.2) is 43.0 Å². The standard InChI is InChI=1S/C18H14F2N4/c1-10-13(19)4-6-24-9-15(21-17(10)24)11-7-12(11)16-8-23-5-2-3-14(20)18(23)22-16/h2-6,8-9,11-12H,7H2,1H3. The van der Waals surface area contributed by atoms with E-state index in [1.165, 1.54) is 12.1 Å². The molecule has 4 heterocycles. The molecule has 120 valence electrons. The number of imidazole rings is 2. The third-order valence-corrected chi connectivity index (χ3v) is 4.83. The smallest absolute Gasteiger partial charge is 0.173 e. The Morgan fingerprint density at radius 2 is 1.58 bits per heavy atom. The summed E-state index contributed by atoms with van der Waals surface area (Å²) in [5.74, 6) is -0.0812. The fourth-order valence-corrected chi connectivity index (χ4v) is 3.38. The van der Waals surface area contributed by atoms with Crippen LogP contribution in [-0.4, -0.2) is 18.8 Å². The maximum absolute atomic E-state index is 13.8. The van der Waals surface area contributed by atoms with Crippen molar-refractivity contribution >= 4 is 11.3 Å². The topological polar surface area (TPSA) is 34.6 Å². The van der Waals surface area contributed by atoms with Crippen LogP contribution in [0, 0.1) is 18.6 Å². The quantitative estimate of drug-likeness (QED) is 0.561. The summed E-state index contributed by atoms with van der Waals surface area (Å²) in [6.45, 7) is 1.73. The Kier molecular flexibility index (Phi) is 2.63. The van der Waals surface area contributed by atoms with Crippen LogP contribution >= 0.6 is 0 Å². The first-order valence-corrected chi connectivity index (χ1v) is 7.88. The first-order valence-electron chi connectivity index (χ1n) is 7.88. The number of nitrogens with zero attached hydrogens (tertiary/aromatic N) is 4. The summed E-state index contributed by atoms with van der Waals surface area (Å²) < 4.78 is 31.0. The van der Waals surface area contributed by atoms with E-state index in [2.05, 4.69) is 9.97 Å². The van der Waals surface area contributed by atoms with Crippen LogP contribution in [0.3, 0.4) is 0 Å². The molecule has 2 atom stereocenters. The molecule has 1 saturated carbocycles. The highest BCUT2D eigenvalue weighted by molar-refractivity contribution is 5.50. The molecule has 0 spiro atoms. The maximum Gasteiger partial charge on any atom is 0.173 e. The van der Waals surface area contributed by atoms with Crippen LogP contribution in [0.4, 0.5) is 8.78 Å². The van der Waals surface area contributed by atoms with Gasteiger partial charge in [-0.2, -0.15) is 0 Å². The summed E-state index contributed by atoms with van der Waals surface area (Å²) in [6, 6.07) is 4.52. The molecule has 1 aliphatic rings. The predicted octanol–water partition coefficient (Wildman–Crippen LogP) is 3.84. The fraction of sp³-hybridized carbons (Fsp3) is 0.222. The first kappa shape index (κ1) is 13.7. The van der Waals surface area contributed by atoms with E-state index in [1.807, 2.05) is 16.8 Å². The van der Waals surface area contributed by atoms with E-state index < -0.39 is 0 Å². The van der Waals surface area contributed by atoms with E-state index >= 15 is 0 Å². The molecule has 0 bridgehead atoms. The number of halogens is 2.